The van der Waals surface area contributed by atoms with E-state index >= 15 is 0 Å². The number of benzene rings is 2. The summed E-state index contributed by atoms with van der Waals surface area (Å²) in [4.78, 5) is 31.2. The standard InChI is InChI=1S/C31H32N2O5/c1-19(2)11-13-37-25-8-4-7-22(16-25)28-27(29(34)23-9-10-26-24(15-23)14-20(3)38-26)30(35)31(36)33(28)18-21-6-5-12-32-17-21/h4-10,12,15-17,19-20,28,34H,11,13-14,18H2,1-3H3. The van der Waals surface area contributed by atoms with Crippen molar-refractivity contribution in [2.75, 3.05) is 6.61 Å². The number of hydrogen-bond donors (Lipinski definition) is 0. The lowest BCUT2D eigenvalue weighted by Crippen LogP contribution is -2.29. The molecule has 0 aliphatic carbocycles. The number of carbonyl (C=O) groups is 2. The zero-order chi connectivity index (χ0) is 26.8. The van der Waals surface area contributed by atoms with Gasteiger partial charge in [0.2, 0.25) is 5.78 Å². The van der Waals surface area contributed by atoms with Gasteiger partial charge < -0.3 is 19.5 Å². The van der Waals surface area contributed by atoms with Gasteiger partial charge in [-0.2, -0.15) is 0 Å². The summed E-state index contributed by atoms with van der Waals surface area (Å²) < 4.78 is 11.7. The lowest BCUT2D eigenvalue weighted by Gasteiger charge is -2.27. The largest absolute Gasteiger partial charge is 0.872 e. The summed E-state index contributed by atoms with van der Waals surface area (Å²) in [5.74, 6) is -0.0118. The molecule has 3 heterocycles. The van der Waals surface area contributed by atoms with Crippen molar-refractivity contribution in [2.45, 2.75) is 52.3 Å². The Kier molecular flexibility index (Phi) is 7.18. The number of nitrogens with one attached hydrogen (secondary N) is 1. The van der Waals surface area contributed by atoms with Crippen molar-refractivity contribution in [1.82, 2.24) is 4.90 Å². The maximum absolute atomic E-state index is 13.9. The molecule has 38 heavy (non-hydrogen) atoms. The van der Waals surface area contributed by atoms with E-state index in [1.807, 2.05) is 43.3 Å². The van der Waals surface area contributed by atoms with Crippen molar-refractivity contribution in [2.24, 2.45) is 5.92 Å². The molecular weight excluding hydrogens is 480 g/mol. The van der Waals surface area contributed by atoms with E-state index in [-0.39, 0.29) is 18.2 Å². The van der Waals surface area contributed by atoms with E-state index in [4.69, 9.17) is 9.47 Å². The van der Waals surface area contributed by atoms with Crippen molar-refractivity contribution in [1.29, 1.82) is 0 Å². The second-order valence-corrected chi connectivity index (χ2v) is 10.4. The second-order valence-electron chi connectivity index (χ2n) is 10.4. The van der Waals surface area contributed by atoms with Crippen LogP contribution >= 0.6 is 0 Å². The van der Waals surface area contributed by atoms with Crippen LogP contribution in [0.2, 0.25) is 0 Å². The molecule has 2 aliphatic heterocycles. The molecule has 2 aliphatic rings. The number of nitrogens with zero attached hydrogens (tertiary/aromatic N) is 1. The lowest BCUT2D eigenvalue weighted by molar-refractivity contribution is -0.378. The summed E-state index contributed by atoms with van der Waals surface area (Å²) in [6.07, 6.45) is 5.17. The third-order valence-corrected chi connectivity index (χ3v) is 6.95. The molecule has 0 saturated carbocycles. The van der Waals surface area contributed by atoms with Crippen molar-refractivity contribution in [3.05, 3.63) is 94.8 Å². The number of carbonyl (C=O) groups excluding carboxylic acids is 2. The Morgan fingerprint density at radius 3 is 2.76 bits per heavy atom. The van der Waals surface area contributed by atoms with Crippen molar-refractivity contribution >= 4 is 17.4 Å². The molecule has 1 fully saturated rings. The van der Waals surface area contributed by atoms with Crippen molar-refractivity contribution in [3.8, 4) is 11.5 Å². The smallest absolute Gasteiger partial charge is 0.295 e. The Morgan fingerprint density at radius 1 is 1.16 bits per heavy atom. The number of ketones is 1. The van der Waals surface area contributed by atoms with Crippen LogP contribution in [0, 0.1) is 5.92 Å². The molecule has 0 radical (unpaired) electrons. The monoisotopic (exact) mass is 512 g/mol. The van der Waals surface area contributed by atoms with Gasteiger partial charge in [-0.15, -0.1) is 0 Å². The maximum atomic E-state index is 13.9. The molecule has 7 nitrogen and oxygen atoms in total. The topological polar surface area (TPSA) is 93.0 Å². The Balaban J connectivity index is 1.57. The van der Waals surface area contributed by atoms with Crippen LogP contribution in [-0.4, -0.2) is 29.3 Å². The van der Waals surface area contributed by atoms with Gasteiger partial charge in [0.25, 0.3) is 5.91 Å². The summed E-state index contributed by atoms with van der Waals surface area (Å²) in [6, 6.07) is 15.4. The average molecular weight is 513 g/mol. The first-order valence-electron chi connectivity index (χ1n) is 13.1. The van der Waals surface area contributed by atoms with Crippen LogP contribution in [0.3, 0.4) is 0 Å². The van der Waals surface area contributed by atoms with E-state index in [2.05, 4.69) is 18.8 Å². The molecule has 5 rings (SSSR count). The van der Waals surface area contributed by atoms with E-state index < -0.39 is 23.5 Å². The fraction of sp³-hybridized carbons (Fsp3) is 0.323. The Morgan fingerprint density at radius 2 is 2.00 bits per heavy atom. The average Bonchev–Trinajstić information content (AvgIpc) is 3.40. The number of Topliss-reactive ketones (excluding diaryl/α,β-unsaturated/α-hetero) is 1. The highest BCUT2D eigenvalue weighted by molar-refractivity contribution is 6.46. The summed E-state index contributed by atoms with van der Waals surface area (Å²) >= 11 is 0. The van der Waals surface area contributed by atoms with Gasteiger partial charge in [-0.05, 0) is 66.3 Å². The molecule has 196 valence electrons. The van der Waals surface area contributed by atoms with E-state index in [0.717, 1.165) is 23.3 Å². The predicted molar refractivity (Wildman–Crippen MR) is 140 cm³/mol. The van der Waals surface area contributed by atoms with Gasteiger partial charge >= 0.3 is 0 Å². The van der Waals surface area contributed by atoms with Crippen LogP contribution < -0.4 is 19.6 Å². The fourth-order valence-electron chi connectivity index (χ4n) is 5.01. The molecule has 1 N–H and O–H groups in total. The minimum atomic E-state index is -0.834. The first-order valence-corrected chi connectivity index (χ1v) is 13.1. The number of H-pyrrole nitrogens is 1. The van der Waals surface area contributed by atoms with Crippen LogP contribution in [0.15, 0.2) is 72.6 Å². The van der Waals surface area contributed by atoms with Gasteiger partial charge in [-0.1, -0.05) is 37.8 Å². The minimum Gasteiger partial charge on any atom is -0.872 e. The van der Waals surface area contributed by atoms with Gasteiger partial charge in [0.1, 0.15) is 17.6 Å². The number of likely N-dealkylation sites (tertiary alicyclic amines) is 1. The molecule has 2 unspecified atom stereocenters. The van der Waals surface area contributed by atoms with Gasteiger partial charge in [0.05, 0.1) is 19.2 Å². The predicted octanol–water partition coefficient (Wildman–Crippen LogP) is 3.67. The number of rotatable bonds is 8. The van der Waals surface area contributed by atoms with Crippen LogP contribution in [-0.2, 0) is 22.6 Å². The summed E-state index contributed by atoms with van der Waals surface area (Å²) in [5.41, 5.74) is 2.74. The van der Waals surface area contributed by atoms with Gasteiger partial charge in [-0.25, -0.2) is 4.98 Å². The number of hydrogen-bond acceptors (Lipinski definition) is 5. The number of aromatic nitrogens is 1. The summed E-state index contributed by atoms with van der Waals surface area (Å²) in [7, 11) is 0. The molecule has 1 saturated heterocycles. The molecule has 2 atom stereocenters. The molecule has 3 aromatic rings. The third kappa shape index (κ3) is 5.14. The van der Waals surface area contributed by atoms with Gasteiger partial charge in [0, 0.05) is 23.6 Å². The van der Waals surface area contributed by atoms with Crippen molar-refractivity contribution in [3.63, 3.8) is 0 Å². The lowest BCUT2D eigenvalue weighted by atomic mass is 9.94. The quantitative estimate of drug-likeness (QED) is 0.261. The summed E-state index contributed by atoms with van der Waals surface area (Å²) in [6.45, 7) is 6.97. The molecule has 1 aromatic heterocycles. The van der Waals surface area contributed by atoms with E-state index in [0.29, 0.717) is 35.8 Å². The van der Waals surface area contributed by atoms with E-state index in [1.165, 1.54) is 4.90 Å². The fourth-order valence-corrected chi connectivity index (χ4v) is 5.01. The Hall–Kier alpha value is -4.13. The molecule has 7 heteroatoms. The molecule has 0 bridgehead atoms. The summed E-state index contributed by atoms with van der Waals surface area (Å²) in [5, 5.41) is 13.9. The normalized spacial score (nSPS) is 20.1. The van der Waals surface area contributed by atoms with Gasteiger partial charge in [-0.3, -0.25) is 9.59 Å². The van der Waals surface area contributed by atoms with Crippen molar-refractivity contribution < 1.29 is 29.2 Å². The minimum absolute atomic E-state index is 0.0297. The van der Waals surface area contributed by atoms with Crippen LogP contribution in [0.25, 0.3) is 5.76 Å². The number of aromatic amines is 1. The highest BCUT2D eigenvalue weighted by atomic mass is 16.5. The second kappa shape index (κ2) is 10.7. The van der Waals surface area contributed by atoms with E-state index in [9.17, 15) is 14.7 Å². The maximum Gasteiger partial charge on any atom is 0.295 e. The molecule has 2 aromatic carbocycles. The van der Waals surface area contributed by atoms with Crippen LogP contribution in [0.4, 0.5) is 0 Å². The SMILES string of the molecule is CC(C)CCOc1cccc(C2C(=C([O-])c3ccc4c(c3)CC(C)O4)C(=O)C(=O)N2Cc2ccc[nH+]c2)c1. The number of pyridine rings is 1. The first kappa shape index (κ1) is 25.5. The molecule has 0 spiro atoms. The molecular formula is C31H32N2O5. The van der Waals surface area contributed by atoms with E-state index in [1.54, 1.807) is 30.6 Å². The Labute approximate surface area is 222 Å². The zero-order valence-corrected chi connectivity index (χ0v) is 21.9. The number of ether oxygens (including phenoxy) is 2. The first-order chi connectivity index (χ1) is 18.3. The highest BCUT2D eigenvalue weighted by Crippen LogP contribution is 2.41. The molecule has 1 amide bonds. The highest BCUT2D eigenvalue weighted by Gasteiger charge is 2.44. The zero-order valence-electron chi connectivity index (χ0n) is 21.9. The third-order valence-electron chi connectivity index (χ3n) is 6.95. The Bertz CT molecular complexity index is 1380. The van der Waals surface area contributed by atoms with Gasteiger partial charge in [0.15, 0.2) is 12.4 Å². The van der Waals surface area contributed by atoms with Crippen LogP contribution in [0.1, 0.15) is 55.5 Å². The number of amides is 1. The number of fused-ring (bicyclic) bond motifs is 1. The van der Waals surface area contributed by atoms with Crippen LogP contribution in [0.5, 0.6) is 11.5 Å².